The molecule has 35 heavy (non-hydrogen) atoms. The summed E-state index contributed by atoms with van der Waals surface area (Å²) in [6, 6.07) is 13.6. The summed E-state index contributed by atoms with van der Waals surface area (Å²) in [7, 11) is 1.49. The Balaban J connectivity index is 1.58. The highest BCUT2D eigenvalue weighted by Crippen LogP contribution is 2.35. The van der Waals surface area contributed by atoms with Gasteiger partial charge in [-0.1, -0.05) is 36.4 Å². The highest BCUT2D eigenvalue weighted by atomic mass is 19.2. The third kappa shape index (κ3) is 4.21. The summed E-state index contributed by atoms with van der Waals surface area (Å²) in [5.74, 6) is -2.98. The summed E-state index contributed by atoms with van der Waals surface area (Å²) in [6.07, 6.45) is 1.99. The van der Waals surface area contributed by atoms with Gasteiger partial charge in [0.2, 0.25) is 0 Å². The van der Waals surface area contributed by atoms with E-state index in [9.17, 15) is 18.0 Å². The van der Waals surface area contributed by atoms with E-state index in [1.807, 2.05) is 24.3 Å². The zero-order valence-corrected chi connectivity index (χ0v) is 18.8. The van der Waals surface area contributed by atoms with Crippen molar-refractivity contribution in [3.05, 3.63) is 94.9 Å². The Morgan fingerprint density at radius 3 is 2.77 bits per heavy atom. The summed E-state index contributed by atoms with van der Waals surface area (Å²) in [4.78, 5) is 17.8. The van der Waals surface area contributed by atoms with Crippen LogP contribution >= 0.6 is 0 Å². The lowest BCUT2D eigenvalue weighted by Crippen LogP contribution is -2.32. The first-order valence-corrected chi connectivity index (χ1v) is 11.0. The van der Waals surface area contributed by atoms with Gasteiger partial charge in [0, 0.05) is 53.4 Å². The van der Waals surface area contributed by atoms with Crippen molar-refractivity contribution in [3.63, 3.8) is 0 Å². The number of nitrogens with one attached hydrogen (secondary N) is 1. The van der Waals surface area contributed by atoms with E-state index in [1.54, 1.807) is 12.1 Å². The van der Waals surface area contributed by atoms with E-state index < -0.39 is 17.5 Å². The molecular weight excluding hydrogens is 457 g/mol. The number of amides is 1. The van der Waals surface area contributed by atoms with Gasteiger partial charge in [-0.05, 0) is 12.1 Å². The van der Waals surface area contributed by atoms with Crippen LogP contribution in [0.15, 0.2) is 60.8 Å². The van der Waals surface area contributed by atoms with Gasteiger partial charge in [0.25, 0.3) is 5.91 Å². The number of hydrogen-bond acceptors (Lipinski definition) is 4. The normalized spacial score (nSPS) is 14.9. The van der Waals surface area contributed by atoms with E-state index in [2.05, 4.69) is 10.3 Å². The lowest BCUT2D eigenvalue weighted by atomic mass is 9.96. The molecule has 0 saturated heterocycles. The highest BCUT2D eigenvalue weighted by molar-refractivity contribution is 6.03. The highest BCUT2D eigenvalue weighted by Gasteiger charge is 2.25. The lowest BCUT2D eigenvalue weighted by molar-refractivity contribution is 0.0920. The first kappa shape index (κ1) is 22.9. The van der Waals surface area contributed by atoms with Gasteiger partial charge in [-0.2, -0.15) is 0 Å². The van der Waals surface area contributed by atoms with Crippen molar-refractivity contribution < 1.29 is 27.4 Å². The quantitative estimate of drug-likeness (QED) is 0.373. The van der Waals surface area contributed by atoms with Crippen molar-refractivity contribution >= 4 is 16.8 Å². The molecule has 2 heterocycles. The SMILES string of the molecule is COCc1c(C(=O)NC2CCOc3ccccc32)cnc2c(-c3cc(F)cc(F)c3F)cccc12. The van der Waals surface area contributed by atoms with Crippen LogP contribution in [-0.2, 0) is 11.3 Å². The fourth-order valence-electron chi connectivity index (χ4n) is 4.47. The van der Waals surface area contributed by atoms with Crippen LogP contribution in [-0.4, -0.2) is 24.6 Å². The molecule has 3 aromatic carbocycles. The second-order valence-corrected chi connectivity index (χ2v) is 8.24. The fraction of sp³-hybridized carbons (Fsp3) is 0.185. The van der Waals surface area contributed by atoms with Crippen molar-refractivity contribution in [3.8, 4) is 16.9 Å². The monoisotopic (exact) mass is 478 g/mol. The summed E-state index contributed by atoms with van der Waals surface area (Å²) in [5.41, 5.74) is 1.98. The molecule has 1 aliphatic heterocycles. The number of aromatic nitrogens is 1. The van der Waals surface area contributed by atoms with Crippen LogP contribution in [0.25, 0.3) is 22.0 Å². The average molecular weight is 478 g/mol. The van der Waals surface area contributed by atoms with Gasteiger partial charge in [-0.3, -0.25) is 9.78 Å². The van der Waals surface area contributed by atoms with E-state index in [1.165, 1.54) is 19.4 Å². The number of hydrogen-bond donors (Lipinski definition) is 1. The van der Waals surface area contributed by atoms with Gasteiger partial charge in [0.05, 0.1) is 30.3 Å². The molecule has 5 nitrogen and oxygen atoms in total. The Morgan fingerprint density at radius 2 is 1.94 bits per heavy atom. The number of rotatable bonds is 5. The van der Waals surface area contributed by atoms with Crippen molar-refractivity contribution in [2.75, 3.05) is 13.7 Å². The van der Waals surface area contributed by atoms with E-state index in [4.69, 9.17) is 9.47 Å². The summed E-state index contributed by atoms with van der Waals surface area (Å²) in [6.45, 7) is 0.553. The lowest BCUT2D eigenvalue weighted by Gasteiger charge is -2.27. The molecule has 5 rings (SSSR count). The predicted molar refractivity (Wildman–Crippen MR) is 125 cm³/mol. The molecule has 1 N–H and O–H groups in total. The Hall–Kier alpha value is -3.91. The Morgan fingerprint density at radius 1 is 1.11 bits per heavy atom. The molecule has 0 spiro atoms. The Labute approximate surface area is 199 Å². The Bertz CT molecular complexity index is 1440. The molecule has 1 unspecified atom stereocenters. The molecule has 0 radical (unpaired) electrons. The van der Waals surface area contributed by atoms with Crippen LogP contribution < -0.4 is 10.1 Å². The molecule has 8 heteroatoms. The Kier molecular flexibility index (Phi) is 6.13. The molecular formula is C27H21F3N2O3. The number of carbonyl (C=O) groups is 1. The molecule has 4 aromatic rings. The largest absolute Gasteiger partial charge is 0.493 e. The minimum absolute atomic E-state index is 0.0790. The van der Waals surface area contributed by atoms with Crippen LogP contribution in [0.5, 0.6) is 5.75 Å². The van der Waals surface area contributed by atoms with E-state index >= 15 is 0 Å². The van der Waals surface area contributed by atoms with Crippen molar-refractivity contribution in [2.24, 2.45) is 0 Å². The maximum Gasteiger partial charge on any atom is 0.253 e. The second kappa shape index (κ2) is 9.38. The van der Waals surface area contributed by atoms with Crippen LogP contribution in [0.1, 0.15) is 33.9 Å². The minimum Gasteiger partial charge on any atom is -0.493 e. The van der Waals surface area contributed by atoms with Crippen LogP contribution in [0.2, 0.25) is 0 Å². The molecule has 0 aliphatic carbocycles. The first-order chi connectivity index (χ1) is 17.0. The summed E-state index contributed by atoms with van der Waals surface area (Å²) in [5, 5.41) is 3.57. The minimum atomic E-state index is -1.29. The first-order valence-electron chi connectivity index (χ1n) is 11.0. The molecule has 0 fully saturated rings. The number of carbonyl (C=O) groups excluding carboxylic acids is 1. The third-order valence-corrected chi connectivity index (χ3v) is 6.09. The molecule has 1 aromatic heterocycles. The van der Waals surface area contributed by atoms with Gasteiger partial charge in [-0.25, -0.2) is 13.2 Å². The van der Waals surface area contributed by atoms with E-state index in [-0.39, 0.29) is 29.7 Å². The van der Waals surface area contributed by atoms with Crippen molar-refractivity contribution in [2.45, 2.75) is 19.1 Å². The second-order valence-electron chi connectivity index (χ2n) is 8.24. The van der Waals surface area contributed by atoms with Gasteiger partial charge in [0.15, 0.2) is 11.6 Å². The molecule has 178 valence electrons. The average Bonchev–Trinajstić information content (AvgIpc) is 2.86. The van der Waals surface area contributed by atoms with E-state index in [0.29, 0.717) is 41.1 Å². The van der Waals surface area contributed by atoms with E-state index in [0.717, 1.165) is 17.4 Å². The molecule has 1 aliphatic rings. The standard InChI is InChI=1S/C27H21F3N2O3/c1-34-14-21-17-7-4-6-16(19-11-15(28)12-22(29)25(19)30)26(17)31-13-20(21)27(33)32-23-9-10-35-24-8-3-2-5-18(23)24/h2-8,11-13,23H,9-10,14H2,1H3,(H,32,33). The van der Waals surface area contributed by atoms with Crippen LogP contribution in [0, 0.1) is 17.5 Å². The zero-order valence-electron chi connectivity index (χ0n) is 18.8. The number of halogens is 3. The van der Waals surface area contributed by atoms with Gasteiger partial charge >= 0.3 is 0 Å². The maximum atomic E-state index is 14.6. The van der Waals surface area contributed by atoms with Crippen molar-refractivity contribution in [1.82, 2.24) is 10.3 Å². The maximum absolute atomic E-state index is 14.6. The molecule has 1 amide bonds. The number of methoxy groups -OCH3 is 1. The smallest absolute Gasteiger partial charge is 0.253 e. The molecule has 0 saturated carbocycles. The van der Waals surface area contributed by atoms with Crippen LogP contribution in [0.3, 0.4) is 0 Å². The molecule has 1 atom stereocenters. The predicted octanol–water partition coefficient (Wildman–Crippen LogP) is 5.72. The van der Waals surface area contributed by atoms with Gasteiger partial charge in [-0.15, -0.1) is 0 Å². The summed E-state index contributed by atoms with van der Waals surface area (Å²) >= 11 is 0. The summed E-state index contributed by atoms with van der Waals surface area (Å²) < 4.78 is 53.4. The number of fused-ring (bicyclic) bond motifs is 2. The third-order valence-electron chi connectivity index (χ3n) is 6.09. The van der Waals surface area contributed by atoms with Gasteiger partial charge in [0.1, 0.15) is 11.6 Å². The zero-order chi connectivity index (χ0) is 24.5. The number of benzene rings is 3. The van der Waals surface area contributed by atoms with Gasteiger partial charge < -0.3 is 14.8 Å². The van der Waals surface area contributed by atoms with Crippen LogP contribution in [0.4, 0.5) is 13.2 Å². The number of ether oxygens (including phenoxy) is 2. The van der Waals surface area contributed by atoms with Crippen molar-refractivity contribution in [1.29, 1.82) is 0 Å². The number of para-hydroxylation sites is 2. The molecule has 0 bridgehead atoms. The topological polar surface area (TPSA) is 60.5 Å². The fourth-order valence-corrected chi connectivity index (χ4v) is 4.47. The number of nitrogens with zero attached hydrogens (tertiary/aromatic N) is 1. The number of pyridine rings is 1.